The normalized spacial score (nSPS) is 20.8. The number of piperidine rings is 1. The fraction of sp³-hybridized carbons (Fsp3) is 0.500. The van der Waals surface area contributed by atoms with E-state index in [1.165, 1.54) is 36.8 Å². The highest BCUT2D eigenvalue weighted by molar-refractivity contribution is 5.47. The molecule has 1 aromatic carbocycles. The lowest BCUT2D eigenvalue weighted by Gasteiger charge is -2.37. The molecule has 2 aliphatic rings. The van der Waals surface area contributed by atoms with Crippen LogP contribution in [0.4, 0.5) is 11.8 Å². The Bertz CT molecular complexity index is 700. The molecule has 1 atom stereocenters. The molecule has 1 aromatic heterocycles. The minimum absolute atomic E-state index is 0.628. The molecule has 126 valence electrons. The number of aromatic nitrogens is 2. The Balaban J connectivity index is 1.57. The monoisotopic (exact) mass is 322 g/mol. The summed E-state index contributed by atoms with van der Waals surface area (Å²) in [6.07, 6.45) is 8.09. The molecule has 4 nitrogen and oxygen atoms in total. The molecule has 1 saturated heterocycles. The van der Waals surface area contributed by atoms with E-state index in [0.29, 0.717) is 6.04 Å². The van der Waals surface area contributed by atoms with Crippen LogP contribution in [0.25, 0.3) is 0 Å². The van der Waals surface area contributed by atoms with Crippen molar-refractivity contribution in [3.05, 3.63) is 47.7 Å². The first-order chi connectivity index (χ1) is 11.8. The average molecular weight is 322 g/mol. The third-order valence-electron chi connectivity index (χ3n) is 5.43. The van der Waals surface area contributed by atoms with Crippen molar-refractivity contribution in [1.29, 1.82) is 0 Å². The van der Waals surface area contributed by atoms with E-state index in [0.717, 1.165) is 37.8 Å². The predicted octanol–water partition coefficient (Wildman–Crippen LogP) is 3.81. The number of fused-ring (bicyclic) bond motifs is 1. The van der Waals surface area contributed by atoms with Crippen molar-refractivity contribution in [2.45, 2.75) is 51.6 Å². The number of hydrogen-bond donors (Lipinski definition) is 0. The first-order valence-electron chi connectivity index (χ1n) is 9.26. The third-order valence-corrected chi connectivity index (χ3v) is 5.43. The van der Waals surface area contributed by atoms with Crippen LogP contribution < -0.4 is 9.80 Å². The van der Waals surface area contributed by atoms with Gasteiger partial charge in [0.05, 0.1) is 0 Å². The molecule has 3 heterocycles. The van der Waals surface area contributed by atoms with E-state index in [9.17, 15) is 0 Å². The zero-order valence-corrected chi connectivity index (χ0v) is 14.5. The van der Waals surface area contributed by atoms with Crippen molar-refractivity contribution >= 4 is 11.8 Å². The third kappa shape index (κ3) is 2.97. The smallest absolute Gasteiger partial charge is 0.227 e. The van der Waals surface area contributed by atoms with Gasteiger partial charge in [-0.05, 0) is 49.3 Å². The molecule has 24 heavy (non-hydrogen) atoms. The van der Waals surface area contributed by atoms with Gasteiger partial charge in [0.25, 0.3) is 0 Å². The van der Waals surface area contributed by atoms with Crippen LogP contribution in [0.1, 0.15) is 43.7 Å². The SMILES string of the molecule is CCC1CCCCN1c1ccnc(N2CCc3ccccc3C2)n1. The summed E-state index contributed by atoms with van der Waals surface area (Å²) < 4.78 is 0. The maximum Gasteiger partial charge on any atom is 0.227 e. The lowest BCUT2D eigenvalue weighted by Crippen LogP contribution is -2.40. The van der Waals surface area contributed by atoms with Crippen LogP contribution >= 0.6 is 0 Å². The number of anilines is 2. The van der Waals surface area contributed by atoms with Crippen LogP contribution in [0, 0.1) is 0 Å². The van der Waals surface area contributed by atoms with Crippen molar-refractivity contribution in [2.75, 3.05) is 22.9 Å². The van der Waals surface area contributed by atoms with Crippen molar-refractivity contribution in [3.63, 3.8) is 0 Å². The van der Waals surface area contributed by atoms with E-state index < -0.39 is 0 Å². The molecule has 0 saturated carbocycles. The Hall–Kier alpha value is -2.10. The van der Waals surface area contributed by atoms with Crippen molar-refractivity contribution < 1.29 is 0 Å². The van der Waals surface area contributed by atoms with Gasteiger partial charge in [0, 0.05) is 31.9 Å². The van der Waals surface area contributed by atoms with E-state index in [1.54, 1.807) is 0 Å². The highest BCUT2D eigenvalue weighted by atomic mass is 15.3. The minimum Gasteiger partial charge on any atom is -0.353 e. The first-order valence-corrected chi connectivity index (χ1v) is 9.26. The second-order valence-corrected chi connectivity index (χ2v) is 6.91. The summed E-state index contributed by atoms with van der Waals surface area (Å²) >= 11 is 0. The van der Waals surface area contributed by atoms with E-state index in [2.05, 4.69) is 52.0 Å². The van der Waals surface area contributed by atoms with Crippen molar-refractivity contribution in [1.82, 2.24) is 9.97 Å². The molecule has 0 bridgehead atoms. The summed E-state index contributed by atoms with van der Waals surface area (Å²) in [5.74, 6) is 1.98. The molecule has 0 spiro atoms. The molecule has 1 unspecified atom stereocenters. The van der Waals surface area contributed by atoms with Gasteiger partial charge in [-0.15, -0.1) is 0 Å². The molecule has 2 aliphatic heterocycles. The summed E-state index contributed by atoms with van der Waals surface area (Å²) in [5, 5.41) is 0. The van der Waals surface area contributed by atoms with Gasteiger partial charge in [-0.1, -0.05) is 31.2 Å². The second kappa shape index (κ2) is 6.80. The summed E-state index contributed by atoms with van der Waals surface area (Å²) in [7, 11) is 0. The topological polar surface area (TPSA) is 32.3 Å². The van der Waals surface area contributed by atoms with Crippen LogP contribution in [-0.4, -0.2) is 29.1 Å². The maximum absolute atomic E-state index is 4.93. The average Bonchev–Trinajstić information content (AvgIpc) is 2.67. The van der Waals surface area contributed by atoms with Gasteiger partial charge in [-0.2, -0.15) is 4.98 Å². The van der Waals surface area contributed by atoms with Crippen molar-refractivity contribution in [2.24, 2.45) is 0 Å². The molecule has 4 heteroatoms. The summed E-state index contributed by atoms with van der Waals surface area (Å²) in [6.45, 7) is 5.32. The first kappa shape index (κ1) is 15.4. The summed E-state index contributed by atoms with van der Waals surface area (Å²) in [4.78, 5) is 14.3. The summed E-state index contributed by atoms with van der Waals surface area (Å²) in [5.41, 5.74) is 2.87. The number of hydrogen-bond acceptors (Lipinski definition) is 4. The van der Waals surface area contributed by atoms with Crippen LogP contribution in [0.2, 0.25) is 0 Å². The van der Waals surface area contributed by atoms with Gasteiger partial charge in [-0.3, -0.25) is 0 Å². The highest BCUT2D eigenvalue weighted by Gasteiger charge is 2.24. The van der Waals surface area contributed by atoms with Gasteiger partial charge in [0.15, 0.2) is 0 Å². The van der Waals surface area contributed by atoms with E-state index >= 15 is 0 Å². The lowest BCUT2D eigenvalue weighted by molar-refractivity contribution is 0.446. The Morgan fingerprint density at radius 1 is 1.08 bits per heavy atom. The maximum atomic E-state index is 4.93. The van der Waals surface area contributed by atoms with E-state index in [1.807, 2.05) is 6.20 Å². The predicted molar refractivity (Wildman–Crippen MR) is 98.5 cm³/mol. The van der Waals surface area contributed by atoms with Crippen LogP contribution in [0.3, 0.4) is 0 Å². The fourth-order valence-corrected chi connectivity index (χ4v) is 4.04. The largest absolute Gasteiger partial charge is 0.353 e. The van der Waals surface area contributed by atoms with Gasteiger partial charge < -0.3 is 9.80 Å². The Morgan fingerprint density at radius 3 is 2.83 bits per heavy atom. The zero-order chi connectivity index (χ0) is 16.4. The van der Waals surface area contributed by atoms with Gasteiger partial charge in [-0.25, -0.2) is 4.98 Å². The second-order valence-electron chi connectivity index (χ2n) is 6.91. The van der Waals surface area contributed by atoms with Gasteiger partial charge in [0.1, 0.15) is 5.82 Å². The molecule has 4 rings (SSSR count). The molecule has 0 radical (unpaired) electrons. The fourth-order valence-electron chi connectivity index (χ4n) is 4.04. The molecule has 0 amide bonds. The minimum atomic E-state index is 0.628. The molecule has 2 aromatic rings. The molecule has 0 N–H and O–H groups in total. The quantitative estimate of drug-likeness (QED) is 0.860. The summed E-state index contributed by atoms with van der Waals surface area (Å²) in [6, 6.07) is 11.4. The highest BCUT2D eigenvalue weighted by Crippen LogP contribution is 2.27. The van der Waals surface area contributed by atoms with Crippen molar-refractivity contribution in [3.8, 4) is 0 Å². The van der Waals surface area contributed by atoms with Crippen LogP contribution in [0.5, 0.6) is 0 Å². The number of nitrogens with zero attached hydrogens (tertiary/aromatic N) is 4. The van der Waals surface area contributed by atoms with Gasteiger partial charge in [0.2, 0.25) is 5.95 Å². The van der Waals surface area contributed by atoms with E-state index in [-0.39, 0.29) is 0 Å². The number of benzene rings is 1. The Morgan fingerprint density at radius 2 is 1.96 bits per heavy atom. The van der Waals surface area contributed by atoms with Crippen LogP contribution in [-0.2, 0) is 13.0 Å². The van der Waals surface area contributed by atoms with E-state index in [4.69, 9.17) is 4.98 Å². The lowest BCUT2D eigenvalue weighted by atomic mass is 10.00. The molecular formula is C20H26N4. The number of rotatable bonds is 3. The zero-order valence-electron chi connectivity index (χ0n) is 14.5. The molecule has 0 aliphatic carbocycles. The standard InChI is InChI=1S/C20H26N4/c1-2-18-9-5-6-13-24(18)19-10-12-21-20(22-19)23-14-11-16-7-3-4-8-17(16)15-23/h3-4,7-8,10,12,18H,2,5-6,9,11,13-15H2,1H3. The molecule has 1 fully saturated rings. The Labute approximate surface area is 144 Å². The Kier molecular flexibility index (Phi) is 4.37. The van der Waals surface area contributed by atoms with Crippen LogP contribution in [0.15, 0.2) is 36.5 Å². The molecular weight excluding hydrogens is 296 g/mol. The van der Waals surface area contributed by atoms with Gasteiger partial charge >= 0.3 is 0 Å².